The van der Waals surface area contributed by atoms with Gasteiger partial charge in [-0.05, 0) is 28.8 Å². The maximum atomic E-state index is 11.7. The number of amides is 1. The molecule has 18 heavy (non-hydrogen) atoms. The summed E-state index contributed by atoms with van der Waals surface area (Å²) in [6.07, 6.45) is 0.460. The van der Waals surface area contributed by atoms with Crippen LogP contribution in [0, 0.1) is 0 Å². The molecule has 2 aromatic carbocycles. The van der Waals surface area contributed by atoms with Crippen molar-refractivity contribution in [2.24, 2.45) is 0 Å². The minimum Gasteiger partial charge on any atom is -0.399 e. The Morgan fingerprint density at radius 3 is 2.56 bits per heavy atom. The molecule has 0 spiro atoms. The molecule has 1 aliphatic rings. The maximum Gasteiger partial charge on any atom is 0.225 e. The van der Waals surface area contributed by atoms with E-state index in [1.807, 2.05) is 42.5 Å². The van der Waals surface area contributed by atoms with Crippen molar-refractivity contribution in [1.82, 2.24) is 5.32 Å². The van der Waals surface area contributed by atoms with E-state index in [4.69, 9.17) is 5.73 Å². The number of hydrogen-bond acceptors (Lipinski definition) is 2. The largest absolute Gasteiger partial charge is 0.399 e. The third-order valence-corrected chi connectivity index (χ3v) is 3.29. The molecule has 0 aliphatic carbocycles. The van der Waals surface area contributed by atoms with E-state index in [0.717, 1.165) is 16.8 Å². The third-order valence-electron chi connectivity index (χ3n) is 3.29. The number of carbonyl (C=O) groups is 1. The number of carbonyl (C=O) groups excluding carboxylic acids is 1. The summed E-state index contributed by atoms with van der Waals surface area (Å²) < 4.78 is 0. The molecule has 3 heteroatoms. The molecule has 1 amide bonds. The molecule has 0 fully saturated rings. The fourth-order valence-corrected chi connectivity index (χ4v) is 2.39. The monoisotopic (exact) mass is 238 g/mol. The van der Waals surface area contributed by atoms with Gasteiger partial charge in [0.15, 0.2) is 0 Å². The molecule has 1 atom stereocenters. The molecule has 2 aromatic rings. The van der Waals surface area contributed by atoms with Crippen LogP contribution in [0.2, 0.25) is 0 Å². The Kier molecular flexibility index (Phi) is 2.52. The Bertz CT molecular complexity index is 590. The summed E-state index contributed by atoms with van der Waals surface area (Å²) in [6.45, 7) is 0. The first-order chi connectivity index (χ1) is 8.74. The van der Waals surface area contributed by atoms with Gasteiger partial charge in [-0.25, -0.2) is 0 Å². The summed E-state index contributed by atoms with van der Waals surface area (Å²) in [7, 11) is 0. The Balaban J connectivity index is 2.07. The molecule has 0 radical (unpaired) electrons. The second-order valence-electron chi connectivity index (χ2n) is 4.54. The zero-order valence-electron chi connectivity index (χ0n) is 9.89. The van der Waals surface area contributed by atoms with Crippen LogP contribution >= 0.6 is 0 Å². The second kappa shape index (κ2) is 4.18. The van der Waals surface area contributed by atoms with Gasteiger partial charge in [0.05, 0.1) is 12.5 Å². The highest BCUT2D eigenvalue weighted by Gasteiger charge is 2.24. The van der Waals surface area contributed by atoms with Crippen LogP contribution < -0.4 is 11.1 Å². The number of nitrogens with two attached hydrogens (primary N) is 1. The van der Waals surface area contributed by atoms with E-state index in [9.17, 15) is 4.79 Å². The van der Waals surface area contributed by atoms with Crippen LogP contribution in [0.25, 0.3) is 0 Å². The SMILES string of the molecule is Nc1ccc([C@H]2NC(=O)Cc3ccccc32)cc1. The van der Waals surface area contributed by atoms with Crippen LogP contribution in [0.1, 0.15) is 22.7 Å². The van der Waals surface area contributed by atoms with Crippen molar-refractivity contribution in [2.75, 3.05) is 5.73 Å². The smallest absolute Gasteiger partial charge is 0.225 e. The number of rotatable bonds is 1. The lowest BCUT2D eigenvalue weighted by atomic mass is 9.89. The highest BCUT2D eigenvalue weighted by molar-refractivity contribution is 5.82. The first kappa shape index (κ1) is 10.8. The quantitative estimate of drug-likeness (QED) is 0.747. The van der Waals surface area contributed by atoms with E-state index in [1.165, 1.54) is 5.56 Å². The Morgan fingerprint density at radius 1 is 1.06 bits per heavy atom. The zero-order valence-corrected chi connectivity index (χ0v) is 9.89. The van der Waals surface area contributed by atoms with Gasteiger partial charge in [-0.1, -0.05) is 36.4 Å². The van der Waals surface area contributed by atoms with E-state index < -0.39 is 0 Å². The minimum atomic E-state index is -0.0666. The van der Waals surface area contributed by atoms with Gasteiger partial charge >= 0.3 is 0 Å². The lowest BCUT2D eigenvalue weighted by Gasteiger charge is -2.27. The summed E-state index contributed by atoms with van der Waals surface area (Å²) in [5.74, 6) is 0.0653. The van der Waals surface area contributed by atoms with Crippen LogP contribution in [0.15, 0.2) is 48.5 Å². The highest BCUT2D eigenvalue weighted by Crippen LogP contribution is 2.29. The molecule has 0 aromatic heterocycles. The predicted octanol–water partition coefficient (Wildman–Crippen LogP) is 2.03. The number of benzene rings is 2. The fraction of sp³-hybridized carbons (Fsp3) is 0.133. The van der Waals surface area contributed by atoms with E-state index in [2.05, 4.69) is 11.4 Å². The second-order valence-corrected chi connectivity index (χ2v) is 4.54. The van der Waals surface area contributed by atoms with Gasteiger partial charge in [0.2, 0.25) is 5.91 Å². The zero-order chi connectivity index (χ0) is 12.5. The standard InChI is InChI=1S/C15H14N2O/c16-12-7-5-10(6-8-12)15-13-4-2-1-3-11(13)9-14(18)17-15/h1-8,15H,9,16H2,(H,17,18)/t15-/m1/s1. The molecule has 3 nitrogen and oxygen atoms in total. The molecule has 0 saturated heterocycles. The van der Waals surface area contributed by atoms with E-state index in [1.54, 1.807) is 0 Å². The Morgan fingerprint density at radius 2 is 1.78 bits per heavy atom. The van der Waals surface area contributed by atoms with Crippen molar-refractivity contribution >= 4 is 11.6 Å². The number of anilines is 1. The van der Waals surface area contributed by atoms with Gasteiger partial charge in [-0.3, -0.25) is 4.79 Å². The van der Waals surface area contributed by atoms with Crippen LogP contribution in [0.3, 0.4) is 0 Å². The summed E-state index contributed by atoms with van der Waals surface area (Å²) in [5, 5.41) is 3.03. The van der Waals surface area contributed by atoms with Gasteiger partial charge in [-0.2, -0.15) is 0 Å². The van der Waals surface area contributed by atoms with Crippen LogP contribution in [0.5, 0.6) is 0 Å². The average molecular weight is 238 g/mol. The number of fused-ring (bicyclic) bond motifs is 1. The molecule has 1 heterocycles. The molecule has 1 aliphatic heterocycles. The molecule has 0 bridgehead atoms. The molecule has 0 unspecified atom stereocenters. The number of nitrogens with one attached hydrogen (secondary N) is 1. The van der Waals surface area contributed by atoms with Gasteiger partial charge < -0.3 is 11.1 Å². The molecule has 90 valence electrons. The molecular formula is C15H14N2O. The van der Waals surface area contributed by atoms with Gasteiger partial charge in [0.1, 0.15) is 0 Å². The summed E-state index contributed by atoms with van der Waals surface area (Å²) in [4.78, 5) is 11.7. The lowest BCUT2D eigenvalue weighted by molar-refractivity contribution is -0.121. The molecule has 0 saturated carbocycles. The first-order valence-electron chi connectivity index (χ1n) is 5.96. The molecule has 3 rings (SSSR count). The number of nitrogen functional groups attached to an aromatic ring is 1. The third kappa shape index (κ3) is 1.84. The van der Waals surface area contributed by atoms with Crippen molar-refractivity contribution in [3.63, 3.8) is 0 Å². The van der Waals surface area contributed by atoms with Crippen molar-refractivity contribution in [3.05, 3.63) is 65.2 Å². The summed E-state index contributed by atoms with van der Waals surface area (Å²) >= 11 is 0. The van der Waals surface area contributed by atoms with E-state index in [-0.39, 0.29) is 11.9 Å². The Labute approximate surface area is 106 Å². The molecular weight excluding hydrogens is 224 g/mol. The predicted molar refractivity (Wildman–Crippen MR) is 71.0 cm³/mol. The normalized spacial score (nSPS) is 18.0. The first-order valence-corrected chi connectivity index (χ1v) is 5.96. The van der Waals surface area contributed by atoms with Crippen LogP contribution in [0.4, 0.5) is 5.69 Å². The van der Waals surface area contributed by atoms with E-state index >= 15 is 0 Å². The average Bonchev–Trinajstić information content (AvgIpc) is 2.38. The summed E-state index contributed by atoms with van der Waals surface area (Å²) in [6, 6.07) is 15.6. The molecule has 3 N–H and O–H groups in total. The minimum absolute atomic E-state index is 0.0653. The Hall–Kier alpha value is -2.29. The van der Waals surface area contributed by atoms with Crippen LogP contribution in [-0.2, 0) is 11.2 Å². The highest BCUT2D eigenvalue weighted by atomic mass is 16.1. The summed E-state index contributed by atoms with van der Waals surface area (Å²) in [5.41, 5.74) is 9.75. The van der Waals surface area contributed by atoms with Gasteiger partial charge in [-0.15, -0.1) is 0 Å². The van der Waals surface area contributed by atoms with Crippen molar-refractivity contribution in [2.45, 2.75) is 12.5 Å². The van der Waals surface area contributed by atoms with Crippen LogP contribution in [-0.4, -0.2) is 5.91 Å². The van der Waals surface area contributed by atoms with Gasteiger partial charge in [0.25, 0.3) is 0 Å². The van der Waals surface area contributed by atoms with E-state index in [0.29, 0.717) is 6.42 Å². The maximum absolute atomic E-state index is 11.7. The topological polar surface area (TPSA) is 55.1 Å². The van der Waals surface area contributed by atoms with Crippen molar-refractivity contribution in [3.8, 4) is 0 Å². The van der Waals surface area contributed by atoms with Crippen molar-refractivity contribution in [1.29, 1.82) is 0 Å². The van der Waals surface area contributed by atoms with Crippen molar-refractivity contribution < 1.29 is 4.79 Å². The lowest BCUT2D eigenvalue weighted by Crippen LogP contribution is -2.35. The van der Waals surface area contributed by atoms with Gasteiger partial charge in [0, 0.05) is 5.69 Å². The number of hydrogen-bond donors (Lipinski definition) is 2. The fourth-order valence-electron chi connectivity index (χ4n) is 2.39.